The molecule has 0 saturated carbocycles. The predicted octanol–water partition coefficient (Wildman–Crippen LogP) is 2.70. The molecule has 0 aliphatic carbocycles. The number of aromatic nitrogens is 3. The lowest BCUT2D eigenvalue weighted by atomic mass is 10.2. The molecule has 1 aliphatic heterocycles. The second-order valence-corrected chi connectivity index (χ2v) is 6.59. The molecule has 3 N–H and O–H groups in total. The first-order valence-corrected chi connectivity index (χ1v) is 9.04. The van der Waals surface area contributed by atoms with Gasteiger partial charge in [-0.25, -0.2) is 4.98 Å². The molecule has 0 bridgehead atoms. The van der Waals surface area contributed by atoms with Crippen LogP contribution in [0.1, 0.15) is 6.92 Å². The van der Waals surface area contributed by atoms with Crippen molar-refractivity contribution >= 4 is 33.9 Å². The van der Waals surface area contributed by atoms with E-state index in [2.05, 4.69) is 30.7 Å². The van der Waals surface area contributed by atoms with E-state index in [9.17, 15) is 10.1 Å². The number of ether oxygens (including phenoxy) is 1. The lowest BCUT2D eigenvalue weighted by Gasteiger charge is -2.32. The lowest BCUT2D eigenvalue weighted by molar-refractivity contribution is -0.384. The monoisotopic (exact) mass is 383 g/mol. The summed E-state index contributed by atoms with van der Waals surface area (Å²) in [6, 6.07) is 8.63. The molecule has 2 aromatic heterocycles. The van der Waals surface area contributed by atoms with Crippen molar-refractivity contribution in [3.8, 4) is 0 Å². The third-order valence-corrected chi connectivity index (χ3v) is 4.72. The summed E-state index contributed by atoms with van der Waals surface area (Å²) < 4.78 is 5.38. The normalized spacial score (nSPS) is 16.0. The Morgan fingerprint density at radius 3 is 2.89 bits per heavy atom. The zero-order valence-corrected chi connectivity index (χ0v) is 15.4. The molecule has 0 spiro atoms. The number of pyridine rings is 1. The summed E-state index contributed by atoms with van der Waals surface area (Å²) in [6.45, 7) is 5.09. The second kappa shape index (κ2) is 7.79. The summed E-state index contributed by atoms with van der Waals surface area (Å²) in [5.74, 6) is 0.753. The van der Waals surface area contributed by atoms with Gasteiger partial charge in [-0.2, -0.15) is 5.10 Å². The van der Waals surface area contributed by atoms with Crippen molar-refractivity contribution < 1.29 is 9.66 Å². The number of nitrogens with zero attached hydrogens (tertiary/aromatic N) is 4. The van der Waals surface area contributed by atoms with Crippen LogP contribution in [0.3, 0.4) is 0 Å². The Balaban J connectivity index is 1.57. The van der Waals surface area contributed by atoms with Gasteiger partial charge in [0.25, 0.3) is 0 Å². The van der Waals surface area contributed by atoms with E-state index in [1.807, 2.05) is 25.1 Å². The first-order valence-electron chi connectivity index (χ1n) is 9.04. The summed E-state index contributed by atoms with van der Waals surface area (Å²) in [5, 5.41) is 25.6. The number of nitro groups is 1. The number of aromatic amines is 1. The van der Waals surface area contributed by atoms with Gasteiger partial charge in [0.05, 0.1) is 36.0 Å². The molecule has 10 nitrogen and oxygen atoms in total. The summed E-state index contributed by atoms with van der Waals surface area (Å²) in [5.41, 5.74) is 1.50. The van der Waals surface area contributed by atoms with Crippen LogP contribution in [0.4, 0.5) is 23.0 Å². The Morgan fingerprint density at radius 1 is 1.29 bits per heavy atom. The zero-order chi connectivity index (χ0) is 19.5. The minimum Gasteiger partial charge on any atom is -0.379 e. The minimum atomic E-state index is -0.444. The lowest BCUT2D eigenvalue weighted by Crippen LogP contribution is -2.45. The fourth-order valence-corrected chi connectivity index (χ4v) is 3.20. The molecule has 3 heterocycles. The average molecular weight is 383 g/mol. The number of hydrogen-bond donors (Lipinski definition) is 3. The van der Waals surface area contributed by atoms with Gasteiger partial charge in [-0.3, -0.25) is 20.1 Å². The van der Waals surface area contributed by atoms with Crippen molar-refractivity contribution in [2.45, 2.75) is 13.1 Å². The van der Waals surface area contributed by atoms with E-state index in [4.69, 9.17) is 4.74 Å². The summed E-state index contributed by atoms with van der Waals surface area (Å²) in [7, 11) is 0. The van der Waals surface area contributed by atoms with Gasteiger partial charge >= 0.3 is 5.69 Å². The first kappa shape index (κ1) is 18.1. The van der Waals surface area contributed by atoms with Crippen LogP contribution in [0.5, 0.6) is 0 Å². The van der Waals surface area contributed by atoms with E-state index in [0.717, 1.165) is 24.0 Å². The van der Waals surface area contributed by atoms with E-state index in [1.54, 1.807) is 12.3 Å². The van der Waals surface area contributed by atoms with Crippen molar-refractivity contribution in [3.05, 3.63) is 46.6 Å². The molecule has 0 radical (unpaired) electrons. The van der Waals surface area contributed by atoms with Crippen molar-refractivity contribution in [3.63, 3.8) is 0 Å². The molecule has 0 amide bonds. The van der Waals surface area contributed by atoms with Crippen LogP contribution in [-0.2, 0) is 4.74 Å². The standard InChI is InChI=1S/C18H21N7O3/c1-12(24-6-8-28-9-7-24)20-17-5-4-16(25(26)27)18(22-17)21-14-2-3-15-13(10-14)11-19-23-15/h2-5,10-12H,6-9H2,1H3,(H,19,23)(H2,20,21,22). The van der Waals surface area contributed by atoms with Crippen molar-refractivity contribution in [1.82, 2.24) is 20.1 Å². The molecule has 1 aliphatic rings. The van der Waals surface area contributed by atoms with Gasteiger partial charge in [0, 0.05) is 30.2 Å². The molecule has 1 saturated heterocycles. The van der Waals surface area contributed by atoms with Gasteiger partial charge in [-0.15, -0.1) is 0 Å². The summed E-state index contributed by atoms with van der Waals surface area (Å²) in [4.78, 5) is 17.7. The smallest absolute Gasteiger partial charge is 0.311 e. The number of benzene rings is 1. The number of anilines is 3. The molecule has 4 rings (SSSR count). The highest BCUT2D eigenvalue weighted by Gasteiger charge is 2.20. The van der Waals surface area contributed by atoms with Crippen LogP contribution in [0, 0.1) is 10.1 Å². The number of nitrogens with one attached hydrogen (secondary N) is 3. The molecule has 146 valence electrons. The quantitative estimate of drug-likeness (QED) is 0.439. The van der Waals surface area contributed by atoms with Crippen LogP contribution < -0.4 is 10.6 Å². The Bertz CT molecular complexity index is 984. The van der Waals surface area contributed by atoms with E-state index in [0.29, 0.717) is 24.7 Å². The number of fused-ring (bicyclic) bond motifs is 1. The van der Waals surface area contributed by atoms with Crippen molar-refractivity contribution in [1.29, 1.82) is 0 Å². The van der Waals surface area contributed by atoms with Gasteiger partial charge < -0.3 is 15.4 Å². The number of H-pyrrole nitrogens is 1. The molecule has 1 aromatic carbocycles. The zero-order valence-electron chi connectivity index (χ0n) is 15.4. The Kier molecular flexibility index (Phi) is 5.04. The molecular weight excluding hydrogens is 362 g/mol. The maximum Gasteiger partial charge on any atom is 0.311 e. The van der Waals surface area contributed by atoms with Crippen molar-refractivity contribution in [2.75, 3.05) is 36.9 Å². The van der Waals surface area contributed by atoms with Gasteiger partial charge in [-0.05, 0) is 31.2 Å². The molecule has 1 fully saturated rings. The third kappa shape index (κ3) is 3.87. The highest BCUT2D eigenvalue weighted by atomic mass is 16.6. The topological polar surface area (TPSA) is 121 Å². The number of hydrogen-bond acceptors (Lipinski definition) is 8. The first-order chi connectivity index (χ1) is 13.6. The maximum absolute atomic E-state index is 11.4. The van der Waals surface area contributed by atoms with Crippen LogP contribution >= 0.6 is 0 Å². The highest BCUT2D eigenvalue weighted by molar-refractivity contribution is 5.83. The van der Waals surface area contributed by atoms with Crippen LogP contribution in [0.2, 0.25) is 0 Å². The number of morpholine rings is 1. The van der Waals surface area contributed by atoms with E-state index >= 15 is 0 Å². The van der Waals surface area contributed by atoms with Gasteiger partial charge in [0.2, 0.25) is 5.82 Å². The van der Waals surface area contributed by atoms with E-state index in [1.165, 1.54) is 6.07 Å². The summed E-state index contributed by atoms with van der Waals surface area (Å²) in [6.07, 6.45) is 1.73. The van der Waals surface area contributed by atoms with E-state index in [-0.39, 0.29) is 17.7 Å². The number of rotatable bonds is 6. The fourth-order valence-electron chi connectivity index (χ4n) is 3.20. The van der Waals surface area contributed by atoms with E-state index < -0.39 is 4.92 Å². The third-order valence-electron chi connectivity index (χ3n) is 4.72. The Hall–Kier alpha value is -3.24. The van der Waals surface area contributed by atoms with Crippen molar-refractivity contribution in [2.24, 2.45) is 0 Å². The van der Waals surface area contributed by atoms with Crippen LogP contribution in [-0.4, -0.2) is 57.5 Å². The molecule has 28 heavy (non-hydrogen) atoms. The molecule has 1 atom stereocenters. The summed E-state index contributed by atoms with van der Waals surface area (Å²) >= 11 is 0. The SMILES string of the molecule is CC(Nc1ccc([N+](=O)[O-])c(Nc2ccc3[nH]ncc3c2)n1)N1CCOCC1. The fraction of sp³-hybridized carbons (Fsp3) is 0.333. The molecule has 3 aromatic rings. The largest absolute Gasteiger partial charge is 0.379 e. The van der Waals surface area contributed by atoms with Crippen LogP contribution in [0.25, 0.3) is 10.9 Å². The minimum absolute atomic E-state index is 0.0352. The van der Waals surface area contributed by atoms with Gasteiger partial charge in [0.1, 0.15) is 5.82 Å². The predicted molar refractivity (Wildman–Crippen MR) is 106 cm³/mol. The Labute approximate surface area is 161 Å². The second-order valence-electron chi connectivity index (χ2n) is 6.59. The molecular formula is C18H21N7O3. The molecule has 1 unspecified atom stereocenters. The van der Waals surface area contributed by atoms with Gasteiger partial charge in [-0.1, -0.05) is 0 Å². The average Bonchev–Trinajstić information content (AvgIpc) is 3.16. The van der Waals surface area contributed by atoms with Gasteiger partial charge in [0.15, 0.2) is 0 Å². The Morgan fingerprint density at radius 2 is 2.11 bits per heavy atom. The maximum atomic E-state index is 11.4. The highest BCUT2D eigenvalue weighted by Crippen LogP contribution is 2.28. The molecule has 10 heteroatoms. The van der Waals surface area contributed by atoms with Crippen LogP contribution in [0.15, 0.2) is 36.5 Å².